The number of halogens is 1. The van der Waals surface area contributed by atoms with Crippen molar-refractivity contribution in [2.24, 2.45) is 0 Å². The molecule has 0 saturated heterocycles. The van der Waals surface area contributed by atoms with Gasteiger partial charge in [-0.3, -0.25) is 9.69 Å². The maximum Gasteiger partial charge on any atom is 0.281 e. The van der Waals surface area contributed by atoms with Crippen LogP contribution in [-0.2, 0) is 6.54 Å². The lowest BCUT2D eigenvalue weighted by atomic mass is 10.1. The molecular weight excluding hydrogens is 347 g/mol. The minimum absolute atomic E-state index is 0.117. The number of carbonyl (C=O) groups excluding carboxylic acids is 1. The average molecular weight is 366 g/mol. The molecule has 7 heteroatoms. The number of amides is 1. The first kappa shape index (κ1) is 17.2. The van der Waals surface area contributed by atoms with Crippen LogP contribution in [0.15, 0.2) is 48.5 Å². The number of nitrogens with zero attached hydrogens (tertiary/aromatic N) is 4. The molecule has 0 saturated carbocycles. The Hall–Kier alpha value is -3.22. The van der Waals surface area contributed by atoms with Crippen LogP contribution in [0, 0.1) is 12.7 Å². The molecule has 0 N–H and O–H groups in total. The number of carbonyl (C=O) groups is 1. The first-order valence-corrected chi connectivity index (χ1v) is 8.74. The molecule has 3 aromatic rings. The van der Waals surface area contributed by atoms with Gasteiger partial charge < -0.3 is 4.74 Å². The van der Waals surface area contributed by atoms with Gasteiger partial charge in [0, 0.05) is 0 Å². The number of hydrogen-bond donors (Lipinski definition) is 0. The molecule has 1 unspecified atom stereocenters. The summed E-state index contributed by atoms with van der Waals surface area (Å²) in [7, 11) is 0. The van der Waals surface area contributed by atoms with Crippen molar-refractivity contribution < 1.29 is 13.9 Å². The normalized spacial score (nSPS) is 16.0. The molecule has 0 fully saturated rings. The molecule has 27 heavy (non-hydrogen) atoms. The summed E-state index contributed by atoms with van der Waals surface area (Å²) >= 11 is 0. The van der Waals surface area contributed by atoms with Crippen molar-refractivity contribution in [2.45, 2.75) is 26.4 Å². The van der Waals surface area contributed by atoms with E-state index in [1.807, 2.05) is 38.1 Å². The van der Waals surface area contributed by atoms with Crippen LogP contribution in [0.2, 0.25) is 0 Å². The molecule has 0 bridgehead atoms. The number of anilines is 1. The van der Waals surface area contributed by atoms with Gasteiger partial charge in [0.15, 0.2) is 5.69 Å². The summed E-state index contributed by atoms with van der Waals surface area (Å²) in [6, 6.07) is 13.5. The van der Waals surface area contributed by atoms with Crippen LogP contribution in [0.25, 0.3) is 0 Å². The molecule has 0 radical (unpaired) electrons. The van der Waals surface area contributed by atoms with E-state index in [2.05, 4.69) is 10.3 Å². The fourth-order valence-electron chi connectivity index (χ4n) is 3.20. The average Bonchev–Trinajstić information content (AvgIpc) is 3.03. The van der Waals surface area contributed by atoms with Crippen molar-refractivity contribution in [1.29, 1.82) is 0 Å². The van der Waals surface area contributed by atoms with Gasteiger partial charge in [0.05, 0.1) is 24.0 Å². The topological polar surface area (TPSA) is 60.3 Å². The number of aromatic nitrogens is 3. The van der Waals surface area contributed by atoms with E-state index in [0.29, 0.717) is 30.3 Å². The first-order valence-electron chi connectivity index (χ1n) is 8.74. The second kappa shape index (κ2) is 6.83. The van der Waals surface area contributed by atoms with Gasteiger partial charge in [-0.25, -0.2) is 9.07 Å². The Balaban J connectivity index is 1.63. The summed E-state index contributed by atoms with van der Waals surface area (Å²) in [5.74, 6) is 0.186. The quantitative estimate of drug-likeness (QED) is 0.714. The van der Waals surface area contributed by atoms with Gasteiger partial charge in [-0.2, -0.15) is 0 Å². The molecule has 1 aromatic heterocycles. The van der Waals surface area contributed by atoms with Crippen LogP contribution in [-0.4, -0.2) is 33.5 Å². The van der Waals surface area contributed by atoms with Gasteiger partial charge in [-0.05, 0) is 43.7 Å². The van der Waals surface area contributed by atoms with Gasteiger partial charge >= 0.3 is 0 Å². The van der Waals surface area contributed by atoms with Crippen LogP contribution in [0.4, 0.5) is 10.1 Å². The zero-order chi connectivity index (χ0) is 19.0. The second-order valence-corrected chi connectivity index (χ2v) is 6.61. The number of hydrogen-bond acceptors (Lipinski definition) is 4. The molecule has 1 amide bonds. The smallest absolute Gasteiger partial charge is 0.281 e. The third-order valence-corrected chi connectivity index (χ3v) is 4.70. The summed E-state index contributed by atoms with van der Waals surface area (Å²) in [4.78, 5) is 14.9. The Bertz CT molecular complexity index is 984. The summed E-state index contributed by atoms with van der Waals surface area (Å²) in [5.41, 5.74) is 2.59. The van der Waals surface area contributed by atoms with Crippen LogP contribution >= 0.6 is 0 Å². The predicted octanol–water partition coefficient (Wildman–Crippen LogP) is 3.20. The Morgan fingerprint density at radius 1 is 1.22 bits per heavy atom. The van der Waals surface area contributed by atoms with Crippen LogP contribution in [0.1, 0.15) is 28.7 Å². The van der Waals surface area contributed by atoms with Crippen molar-refractivity contribution in [1.82, 2.24) is 15.0 Å². The summed E-state index contributed by atoms with van der Waals surface area (Å²) in [5, 5.41) is 8.24. The molecule has 4 rings (SSSR count). The van der Waals surface area contributed by atoms with Gasteiger partial charge in [0.1, 0.15) is 18.2 Å². The van der Waals surface area contributed by atoms with Gasteiger partial charge in [-0.1, -0.05) is 29.5 Å². The van der Waals surface area contributed by atoms with Crippen molar-refractivity contribution in [3.8, 4) is 5.75 Å². The molecule has 1 aliphatic heterocycles. The van der Waals surface area contributed by atoms with E-state index in [9.17, 15) is 9.18 Å². The van der Waals surface area contributed by atoms with Gasteiger partial charge in [0.25, 0.3) is 5.91 Å². The van der Waals surface area contributed by atoms with Crippen molar-refractivity contribution >= 4 is 11.6 Å². The van der Waals surface area contributed by atoms with Crippen molar-refractivity contribution in [2.75, 3.05) is 11.5 Å². The van der Waals surface area contributed by atoms with Crippen molar-refractivity contribution in [3.63, 3.8) is 0 Å². The van der Waals surface area contributed by atoms with Crippen LogP contribution in [0.3, 0.4) is 0 Å². The van der Waals surface area contributed by atoms with E-state index < -0.39 is 0 Å². The fourth-order valence-corrected chi connectivity index (χ4v) is 3.20. The molecule has 0 spiro atoms. The minimum Gasteiger partial charge on any atom is -0.489 e. The maximum absolute atomic E-state index is 13.2. The molecule has 2 aromatic carbocycles. The van der Waals surface area contributed by atoms with E-state index in [0.717, 1.165) is 11.3 Å². The van der Waals surface area contributed by atoms with Crippen LogP contribution < -0.4 is 9.64 Å². The largest absolute Gasteiger partial charge is 0.489 e. The third kappa shape index (κ3) is 3.16. The highest BCUT2D eigenvalue weighted by atomic mass is 19.1. The van der Waals surface area contributed by atoms with E-state index in [1.54, 1.807) is 21.7 Å². The lowest BCUT2D eigenvalue weighted by Gasteiger charge is -2.34. The van der Waals surface area contributed by atoms with E-state index in [-0.39, 0.29) is 17.8 Å². The molecule has 6 nitrogen and oxygen atoms in total. The zero-order valence-corrected chi connectivity index (χ0v) is 15.1. The highest BCUT2D eigenvalue weighted by Gasteiger charge is 2.32. The summed E-state index contributed by atoms with van der Waals surface area (Å²) in [6.07, 6.45) is 0. The standard InChI is InChI=1S/C20H19FN4O2/c1-13-12-27-18-6-4-3-5-17(18)25(13)20(26)19-14(2)24(23-22-19)11-15-7-9-16(21)10-8-15/h3-10,13H,11-12H2,1-2H3. The SMILES string of the molecule is Cc1c(C(=O)N2c3ccccc3OCC2C)nnn1Cc1ccc(F)cc1. The monoisotopic (exact) mass is 366 g/mol. The third-order valence-electron chi connectivity index (χ3n) is 4.70. The van der Waals surface area contributed by atoms with Gasteiger partial charge in [-0.15, -0.1) is 5.10 Å². The highest BCUT2D eigenvalue weighted by Crippen LogP contribution is 2.34. The minimum atomic E-state index is -0.287. The Labute approximate surface area is 156 Å². The summed E-state index contributed by atoms with van der Waals surface area (Å²) < 4.78 is 20.4. The molecular formula is C20H19FN4O2. The zero-order valence-electron chi connectivity index (χ0n) is 15.1. The number of para-hydroxylation sites is 2. The Morgan fingerprint density at radius 2 is 1.96 bits per heavy atom. The maximum atomic E-state index is 13.2. The lowest BCUT2D eigenvalue weighted by Crippen LogP contribution is -2.45. The fraction of sp³-hybridized carbons (Fsp3) is 0.250. The summed E-state index contributed by atoms with van der Waals surface area (Å²) in [6.45, 7) is 4.59. The highest BCUT2D eigenvalue weighted by molar-refractivity contribution is 6.06. The number of ether oxygens (including phenoxy) is 1. The Kier molecular flexibility index (Phi) is 4.35. The predicted molar refractivity (Wildman–Crippen MR) is 98.5 cm³/mol. The van der Waals surface area contributed by atoms with E-state index in [1.165, 1.54) is 12.1 Å². The molecule has 138 valence electrons. The van der Waals surface area contributed by atoms with Gasteiger partial charge in [0.2, 0.25) is 0 Å². The number of benzene rings is 2. The number of fused-ring (bicyclic) bond motifs is 1. The number of rotatable bonds is 3. The van der Waals surface area contributed by atoms with Crippen molar-refractivity contribution in [3.05, 3.63) is 71.3 Å². The Morgan fingerprint density at radius 3 is 2.74 bits per heavy atom. The molecule has 1 atom stereocenters. The second-order valence-electron chi connectivity index (χ2n) is 6.61. The van der Waals surface area contributed by atoms with E-state index >= 15 is 0 Å². The van der Waals surface area contributed by atoms with E-state index in [4.69, 9.17) is 4.74 Å². The molecule has 2 heterocycles. The molecule has 0 aliphatic carbocycles. The molecule has 1 aliphatic rings. The van der Waals surface area contributed by atoms with Crippen LogP contribution in [0.5, 0.6) is 5.75 Å². The first-order chi connectivity index (χ1) is 13.0. The lowest BCUT2D eigenvalue weighted by molar-refractivity contribution is 0.0955.